The Morgan fingerprint density at radius 3 is 2.83 bits per heavy atom. The Morgan fingerprint density at radius 1 is 1.61 bits per heavy atom. The summed E-state index contributed by atoms with van der Waals surface area (Å²) in [6, 6.07) is 2.24. The van der Waals surface area contributed by atoms with Crippen molar-refractivity contribution >= 4 is 17.5 Å². The maximum Gasteiger partial charge on any atom is 0.272 e. The number of halogens is 1. The van der Waals surface area contributed by atoms with E-state index in [9.17, 15) is 4.79 Å². The van der Waals surface area contributed by atoms with E-state index in [1.54, 1.807) is 4.68 Å². The first-order chi connectivity index (χ1) is 8.67. The summed E-state index contributed by atoms with van der Waals surface area (Å²) in [5.74, 6) is 0.560. The maximum atomic E-state index is 12.6. The molecule has 0 spiro atoms. The number of hydrogen-bond acceptors (Lipinski definition) is 2. The first-order valence-electron chi connectivity index (χ1n) is 6.58. The highest BCUT2D eigenvalue weighted by Crippen LogP contribution is 2.26. The van der Waals surface area contributed by atoms with Crippen LogP contribution in [0.25, 0.3) is 0 Å². The van der Waals surface area contributed by atoms with E-state index in [1.165, 1.54) is 6.42 Å². The van der Waals surface area contributed by atoms with Crippen molar-refractivity contribution in [3.63, 3.8) is 0 Å². The molecule has 0 saturated heterocycles. The summed E-state index contributed by atoms with van der Waals surface area (Å²) in [5, 5.41) is 4.33. The highest BCUT2D eigenvalue weighted by Gasteiger charge is 2.30. The zero-order chi connectivity index (χ0) is 13.1. The highest BCUT2D eigenvalue weighted by atomic mass is 35.5. The second kappa shape index (κ2) is 5.74. The van der Waals surface area contributed by atoms with Crippen LogP contribution in [0, 0.1) is 6.92 Å². The largest absolute Gasteiger partial charge is 0.333 e. The molecule has 0 N–H and O–H groups in total. The van der Waals surface area contributed by atoms with Gasteiger partial charge in [0.15, 0.2) is 0 Å². The molecule has 0 unspecified atom stereocenters. The van der Waals surface area contributed by atoms with Crippen LogP contribution < -0.4 is 0 Å². The van der Waals surface area contributed by atoms with E-state index < -0.39 is 0 Å². The molecule has 1 saturated carbocycles. The van der Waals surface area contributed by atoms with Crippen molar-refractivity contribution in [2.24, 2.45) is 0 Å². The molecular formula is C13H20ClN3O. The van der Waals surface area contributed by atoms with E-state index in [0.717, 1.165) is 18.5 Å². The van der Waals surface area contributed by atoms with Gasteiger partial charge in [0.1, 0.15) is 5.69 Å². The van der Waals surface area contributed by atoms with E-state index in [4.69, 9.17) is 11.6 Å². The molecule has 1 fully saturated rings. The third-order valence-electron chi connectivity index (χ3n) is 3.52. The summed E-state index contributed by atoms with van der Waals surface area (Å²) < 4.78 is 1.78. The van der Waals surface area contributed by atoms with Gasteiger partial charge < -0.3 is 4.90 Å². The molecule has 0 atom stereocenters. The van der Waals surface area contributed by atoms with E-state index in [-0.39, 0.29) is 5.91 Å². The lowest BCUT2D eigenvalue weighted by Crippen LogP contribution is -2.45. The minimum Gasteiger partial charge on any atom is -0.333 e. The monoisotopic (exact) mass is 269 g/mol. The predicted molar refractivity (Wildman–Crippen MR) is 72.0 cm³/mol. The fraction of sp³-hybridized carbons (Fsp3) is 0.692. The van der Waals surface area contributed by atoms with Gasteiger partial charge >= 0.3 is 0 Å². The standard InChI is InChI=1S/C13H20ClN3O/c1-3-17-12(9-10(2)15-17)13(18)16(8-7-14)11-5-4-6-11/h9,11H,3-8H2,1-2H3. The maximum absolute atomic E-state index is 12.6. The van der Waals surface area contributed by atoms with Gasteiger partial charge in [0.25, 0.3) is 5.91 Å². The number of aromatic nitrogens is 2. The Hall–Kier alpha value is -1.03. The smallest absolute Gasteiger partial charge is 0.272 e. The van der Waals surface area contributed by atoms with Gasteiger partial charge in [-0.2, -0.15) is 5.10 Å². The molecule has 1 heterocycles. The summed E-state index contributed by atoms with van der Waals surface area (Å²) in [6.45, 7) is 5.25. The van der Waals surface area contributed by atoms with Gasteiger partial charge in [-0.15, -0.1) is 11.6 Å². The van der Waals surface area contributed by atoms with E-state index in [1.807, 2.05) is 24.8 Å². The first-order valence-corrected chi connectivity index (χ1v) is 7.12. The molecule has 0 bridgehead atoms. The van der Waals surface area contributed by atoms with Crippen LogP contribution in [0.4, 0.5) is 0 Å². The van der Waals surface area contributed by atoms with Gasteiger partial charge in [-0.25, -0.2) is 0 Å². The summed E-state index contributed by atoms with van der Waals surface area (Å²) in [6.07, 6.45) is 3.41. The lowest BCUT2D eigenvalue weighted by molar-refractivity contribution is 0.0585. The Bertz CT molecular complexity index is 426. The lowest BCUT2D eigenvalue weighted by atomic mass is 9.91. The Balaban J connectivity index is 2.20. The number of carbonyl (C=O) groups is 1. The quantitative estimate of drug-likeness (QED) is 0.770. The van der Waals surface area contributed by atoms with Crippen molar-refractivity contribution in [3.8, 4) is 0 Å². The topological polar surface area (TPSA) is 38.1 Å². The Labute approximate surface area is 113 Å². The van der Waals surface area contributed by atoms with Gasteiger partial charge in [-0.1, -0.05) is 0 Å². The number of alkyl halides is 1. The van der Waals surface area contributed by atoms with E-state index >= 15 is 0 Å². The zero-order valence-corrected chi connectivity index (χ0v) is 11.8. The van der Waals surface area contributed by atoms with Crippen LogP contribution in [0.15, 0.2) is 6.07 Å². The number of amides is 1. The van der Waals surface area contributed by atoms with Crippen LogP contribution >= 0.6 is 11.6 Å². The Kier molecular flexibility index (Phi) is 4.27. The summed E-state index contributed by atoms with van der Waals surface area (Å²) in [7, 11) is 0. The summed E-state index contributed by atoms with van der Waals surface area (Å²) >= 11 is 5.82. The lowest BCUT2D eigenvalue weighted by Gasteiger charge is -2.37. The molecule has 1 aliphatic carbocycles. The van der Waals surface area contributed by atoms with Crippen molar-refractivity contribution in [1.29, 1.82) is 0 Å². The number of carbonyl (C=O) groups excluding carboxylic acids is 1. The molecular weight excluding hydrogens is 250 g/mol. The fourth-order valence-corrected chi connectivity index (χ4v) is 2.53. The zero-order valence-electron chi connectivity index (χ0n) is 11.0. The third kappa shape index (κ3) is 2.53. The van der Waals surface area contributed by atoms with Crippen molar-refractivity contribution in [2.75, 3.05) is 12.4 Å². The van der Waals surface area contributed by atoms with Crippen LogP contribution in [-0.2, 0) is 6.54 Å². The van der Waals surface area contributed by atoms with Crippen LogP contribution in [0.2, 0.25) is 0 Å². The SMILES string of the molecule is CCn1nc(C)cc1C(=O)N(CCCl)C1CCC1. The second-order valence-corrected chi connectivity index (χ2v) is 5.14. The molecule has 0 radical (unpaired) electrons. The van der Waals surface area contributed by atoms with Crippen LogP contribution in [-0.4, -0.2) is 39.1 Å². The molecule has 5 heteroatoms. The van der Waals surface area contributed by atoms with Gasteiger partial charge in [0.05, 0.1) is 5.69 Å². The molecule has 0 aliphatic heterocycles. The van der Waals surface area contributed by atoms with Gasteiger partial charge in [0, 0.05) is 25.0 Å². The molecule has 1 aromatic heterocycles. The van der Waals surface area contributed by atoms with Crippen molar-refractivity contribution < 1.29 is 4.79 Å². The number of rotatable bonds is 5. The summed E-state index contributed by atoms with van der Waals surface area (Å²) in [4.78, 5) is 14.5. The average molecular weight is 270 g/mol. The Morgan fingerprint density at radius 2 is 2.33 bits per heavy atom. The average Bonchev–Trinajstić information content (AvgIpc) is 2.66. The summed E-state index contributed by atoms with van der Waals surface area (Å²) in [5.41, 5.74) is 1.58. The van der Waals surface area contributed by atoms with E-state index in [0.29, 0.717) is 30.7 Å². The first kappa shape index (κ1) is 13.4. The molecule has 1 aromatic rings. The normalized spacial score (nSPS) is 15.5. The van der Waals surface area contributed by atoms with Crippen molar-refractivity contribution in [2.45, 2.75) is 45.7 Å². The van der Waals surface area contributed by atoms with E-state index in [2.05, 4.69) is 5.10 Å². The molecule has 4 nitrogen and oxygen atoms in total. The van der Waals surface area contributed by atoms with Gasteiger partial charge in [-0.05, 0) is 39.2 Å². The highest BCUT2D eigenvalue weighted by molar-refractivity contribution is 6.18. The minimum absolute atomic E-state index is 0.0720. The minimum atomic E-state index is 0.0720. The fourth-order valence-electron chi connectivity index (χ4n) is 2.35. The van der Waals surface area contributed by atoms with Gasteiger partial charge in [0.2, 0.25) is 0 Å². The number of hydrogen-bond donors (Lipinski definition) is 0. The molecule has 1 amide bonds. The molecule has 1 aliphatic rings. The van der Waals surface area contributed by atoms with Crippen molar-refractivity contribution in [1.82, 2.24) is 14.7 Å². The number of nitrogens with zero attached hydrogens (tertiary/aromatic N) is 3. The molecule has 100 valence electrons. The van der Waals surface area contributed by atoms with Gasteiger partial charge in [-0.3, -0.25) is 9.48 Å². The molecule has 0 aromatic carbocycles. The molecule has 18 heavy (non-hydrogen) atoms. The van der Waals surface area contributed by atoms with Crippen molar-refractivity contribution in [3.05, 3.63) is 17.5 Å². The van der Waals surface area contributed by atoms with Crippen LogP contribution in [0.1, 0.15) is 42.4 Å². The van der Waals surface area contributed by atoms with Crippen LogP contribution in [0.5, 0.6) is 0 Å². The number of aryl methyl sites for hydroxylation is 2. The third-order valence-corrected chi connectivity index (χ3v) is 3.69. The molecule has 2 rings (SSSR count). The van der Waals surface area contributed by atoms with Crippen LogP contribution in [0.3, 0.4) is 0 Å². The predicted octanol–water partition coefficient (Wildman–Crippen LogP) is 2.44. The second-order valence-electron chi connectivity index (χ2n) is 4.76.